The highest BCUT2D eigenvalue weighted by Crippen LogP contribution is 2.32. The molecule has 2 N–H and O–H groups in total. The van der Waals surface area contributed by atoms with Crippen LogP contribution in [0, 0.1) is 0 Å². The Kier molecular flexibility index (Phi) is 6.03. The van der Waals surface area contributed by atoms with E-state index in [9.17, 15) is 0 Å². The summed E-state index contributed by atoms with van der Waals surface area (Å²) in [5, 5.41) is 9.67. The minimum Gasteiger partial charge on any atom is -0.497 e. The van der Waals surface area contributed by atoms with E-state index in [0.29, 0.717) is 0 Å². The van der Waals surface area contributed by atoms with Crippen LogP contribution >= 0.6 is 11.3 Å². The van der Waals surface area contributed by atoms with Crippen LogP contribution in [0.5, 0.6) is 11.5 Å². The van der Waals surface area contributed by atoms with Crippen molar-refractivity contribution in [2.24, 2.45) is 0 Å². The lowest BCUT2D eigenvalue weighted by atomic mass is 10.2. The molecule has 0 aliphatic rings. The Labute approximate surface area is 135 Å². The number of hydrogen-bond acceptors (Lipinski definition) is 6. The van der Waals surface area contributed by atoms with Gasteiger partial charge in [-0.1, -0.05) is 6.92 Å². The molecule has 2 rings (SSSR count). The summed E-state index contributed by atoms with van der Waals surface area (Å²) >= 11 is 1.59. The van der Waals surface area contributed by atoms with Gasteiger partial charge in [0.1, 0.15) is 11.5 Å². The molecule has 1 aromatic heterocycles. The van der Waals surface area contributed by atoms with Gasteiger partial charge in [-0.05, 0) is 32.0 Å². The lowest BCUT2D eigenvalue weighted by molar-refractivity contribution is 0.395. The molecule has 0 bridgehead atoms. The van der Waals surface area contributed by atoms with Gasteiger partial charge < -0.3 is 20.1 Å². The van der Waals surface area contributed by atoms with E-state index in [4.69, 9.17) is 9.47 Å². The zero-order valence-electron chi connectivity index (χ0n) is 13.5. The highest BCUT2D eigenvalue weighted by molar-refractivity contribution is 7.13. The molecule has 0 saturated carbocycles. The Balaban J connectivity index is 2.09. The Morgan fingerprint density at radius 2 is 2.09 bits per heavy atom. The van der Waals surface area contributed by atoms with Crippen LogP contribution in [-0.4, -0.2) is 25.7 Å². The molecule has 5 nitrogen and oxygen atoms in total. The normalized spacial score (nSPS) is 12.0. The molecule has 2 aromatic rings. The quantitative estimate of drug-likeness (QED) is 0.770. The number of hydrogen-bond donors (Lipinski definition) is 2. The molecule has 0 fully saturated rings. The highest BCUT2D eigenvalue weighted by atomic mass is 32.1. The van der Waals surface area contributed by atoms with Crippen molar-refractivity contribution in [3.63, 3.8) is 0 Å². The first-order valence-corrected chi connectivity index (χ1v) is 8.23. The van der Waals surface area contributed by atoms with Crippen LogP contribution in [0.1, 0.15) is 32.0 Å². The van der Waals surface area contributed by atoms with Gasteiger partial charge in [0, 0.05) is 17.5 Å². The minimum atomic E-state index is 0.254. The van der Waals surface area contributed by atoms with Gasteiger partial charge in [0.25, 0.3) is 0 Å². The van der Waals surface area contributed by atoms with Crippen molar-refractivity contribution in [3.8, 4) is 11.5 Å². The fourth-order valence-electron chi connectivity index (χ4n) is 2.02. The molecule has 0 spiro atoms. The molecule has 0 radical (unpaired) electrons. The summed E-state index contributed by atoms with van der Waals surface area (Å²) in [5.41, 5.74) is 1.92. The molecule has 0 saturated heterocycles. The van der Waals surface area contributed by atoms with E-state index in [0.717, 1.165) is 41.0 Å². The van der Waals surface area contributed by atoms with Crippen LogP contribution in [-0.2, 0) is 0 Å². The summed E-state index contributed by atoms with van der Waals surface area (Å²) in [7, 11) is 3.28. The second-order valence-electron chi connectivity index (χ2n) is 4.94. The maximum absolute atomic E-state index is 5.39. The second kappa shape index (κ2) is 8.00. The van der Waals surface area contributed by atoms with Crippen molar-refractivity contribution in [3.05, 3.63) is 29.3 Å². The SMILES string of the molecule is CCCNC(C)c1csc(Nc2ccc(OC)cc2OC)n1. The molecular weight excluding hydrogens is 298 g/mol. The molecular formula is C16H23N3O2S. The number of anilines is 2. The van der Waals surface area contributed by atoms with Crippen molar-refractivity contribution in [1.82, 2.24) is 10.3 Å². The van der Waals surface area contributed by atoms with Crippen molar-refractivity contribution < 1.29 is 9.47 Å². The van der Waals surface area contributed by atoms with Gasteiger partial charge in [0.05, 0.1) is 25.6 Å². The molecule has 0 amide bonds. The van der Waals surface area contributed by atoms with Crippen LogP contribution in [0.2, 0.25) is 0 Å². The summed E-state index contributed by atoms with van der Waals surface area (Å²) in [6.07, 6.45) is 1.11. The molecule has 1 atom stereocenters. The van der Waals surface area contributed by atoms with Gasteiger partial charge in [-0.2, -0.15) is 0 Å². The van der Waals surface area contributed by atoms with Gasteiger partial charge >= 0.3 is 0 Å². The molecule has 0 aliphatic carbocycles. The van der Waals surface area contributed by atoms with Gasteiger partial charge in [-0.3, -0.25) is 0 Å². The van der Waals surface area contributed by atoms with Crippen LogP contribution in [0.25, 0.3) is 0 Å². The summed E-state index contributed by atoms with van der Waals surface area (Å²) in [5.74, 6) is 1.49. The van der Waals surface area contributed by atoms with E-state index in [1.807, 2.05) is 18.2 Å². The number of methoxy groups -OCH3 is 2. The zero-order valence-corrected chi connectivity index (χ0v) is 14.3. The maximum Gasteiger partial charge on any atom is 0.187 e. The number of ether oxygens (including phenoxy) is 2. The van der Waals surface area contributed by atoms with Gasteiger partial charge in [0.15, 0.2) is 5.13 Å². The van der Waals surface area contributed by atoms with Crippen molar-refractivity contribution in [2.75, 3.05) is 26.1 Å². The standard InChI is InChI=1S/C16H23N3O2S/c1-5-8-17-11(2)14-10-22-16(19-14)18-13-7-6-12(20-3)9-15(13)21-4/h6-7,9-11,17H,5,8H2,1-4H3,(H,18,19). The highest BCUT2D eigenvalue weighted by Gasteiger charge is 2.11. The molecule has 1 heterocycles. The van der Waals surface area contributed by atoms with Crippen LogP contribution in [0.15, 0.2) is 23.6 Å². The number of nitrogens with zero attached hydrogens (tertiary/aromatic N) is 1. The molecule has 120 valence electrons. The van der Waals surface area contributed by atoms with Gasteiger partial charge in [0.2, 0.25) is 0 Å². The van der Waals surface area contributed by atoms with E-state index in [2.05, 4.69) is 34.8 Å². The van der Waals surface area contributed by atoms with Crippen molar-refractivity contribution in [2.45, 2.75) is 26.3 Å². The number of benzene rings is 1. The number of aromatic nitrogens is 1. The largest absolute Gasteiger partial charge is 0.497 e. The van der Waals surface area contributed by atoms with Gasteiger partial charge in [-0.25, -0.2) is 4.98 Å². The first-order valence-electron chi connectivity index (χ1n) is 7.35. The smallest absolute Gasteiger partial charge is 0.187 e. The summed E-state index contributed by atoms with van der Waals surface area (Å²) in [6.45, 7) is 5.28. The molecule has 6 heteroatoms. The monoisotopic (exact) mass is 321 g/mol. The fraction of sp³-hybridized carbons (Fsp3) is 0.438. The molecule has 1 unspecified atom stereocenters. The summed E-state index contributed by atoms with van der Waals surface area (Å²) < 4.78 is 10.6. The number of nitrogens with one attached hydrogen (secondary N) is 2. The molecule has 22 heavy (non-hydrogen) atoms. The topological polar surface area (TPSA) is 55.4 Å². The van der Waals surface area contributed by atoms with Crippen molar-refractivity contribution >= 4 is 22.2 Å². The first-order chi connectivity index (χ1) is 10.7. The van der Waals surface area contributed by atoms with Gasteiger partial charge in [-0.15, -0.1) is 11.3 Å². The van der Waals surface area contributed by atoms with E-state index < -0.39 is 0 Å². The van der Waals surface area contributed by atoms with Crippen molar-refractivity contribution in [1.29, 1.82) is 0 Å². The zero-order chi connectivity index (χ0) is 15.9. The van der Waals surface area contributed by atoms with Crippen LogP contribution in [0.4, 0.5) is 10.8 Å². The van der Waals surface area contributed by atoms with Crippen LogP contribution in [0.3, 0.4) is 0 Å². The number of thiazole rings is 1. The third-order valence-electron chi connectivity index (χ3n) is 3.32. The average Bonchev–Trinajstić information content (AvgIpc) is 3.01. The lowest BCUT2D eigenvalue weighted by Crippen LogP contribution is -2.19. The first kappa shape index (κ1) is 16.6. The Morgan fingerprint density at radius 3 is 2.77 bits per heavy atom. The maximum atomic E-state index is 5.39. The second-order valence-corrected chi connectivity index (χ2v) is 5.80. The minimum absolute atomic E-state index is 0.254. The third-order valence-corrected chi connectivity index (χ3v) is 4.09. The van der Waals surface area contributed by atoms with E-state index in [-0.39, 0.29) is 6.04 Å². The van der Waals surface area contributed by atoms with E-state index in [1.165, 1.54) is 0 Å². The lowest BCUT2D eigenvalue weighted by Gasteiger charge is -2.11. The number of rotatable bonds is 8. The summed E-state index contributed by atoms with van der Waals surface area (Å²) in [4.78, 5) is 4.63. The Bertz CT molecular complexity index is 601. The molecule has 1 aromatic carbocycles. The average molecular weight is 321 g/mol. The van der Waals surface area contributed by atoms with Crippen LogP contribution < -0.4 is 20.1 Å². The Morgan fingerprint density at radius 1 is 1.27 bits per heavy atom. The van der Waals surface area contributed by atoms with E-state index in [1.54, 1.807) is 25.6 Å². The fourth-order valence-corrected chi connectivity index (χ4v) is 2.84. The third kappa shape index (κ3) is 4.11. The predicted molar refractivity (Wildman–Crippen MR) is 91.7 cm³/mol. The predicted octanol–water partition coefficient (Wildman–Crippen LogP) is 3.96. The molecule has 0 aliphatic heterocycles. The summed E-state index contributed by atoms with van der Waals surface area (Å²) in [6, 6.07) is 5.93. The van der Waals surface area contributed by atoms with E-state index >= 15 is 0 Å². The Hall–Kier alpha value is -1.79.